The molecule has 0 amide bonds. The van der Waals surface area contributed by atoms with Crippen LogP contribution in [0.4, 0.5) is 8.78 Å². The van der Waals surface area contributed by atoms with Gasteiger partial charge in [-0.15, -0.1) is 0 Å². The summed E-state index contributed by atoms with van der Waals surface area (Å²) in [6.45, 7) is 3.82. The highest BCUT2D eigenvalue weighted by Crippen LogP contribution is 2.10. The molecular formula is C11H15F2NO. The molecule has 1 aromatic rings. The molecule has 2 nitrogen and oxygen atoms in total. The molecule has 4 heteroatoms. The number of aliphatic hydroxyl groups is 1. The standard InChI is InChI=1S/C11H15F2NO/c1-11(2,7-15)14-6-8-3-4-9(12)5-10(8)13/h3-5,14-15H,6-7H2,1-2H3. The van der Waals surface area contributed by atoms with Crippen LogP contribution in [0.3, 0.4) is 0 Å². The van der Waals surface area contributed by atoms with Gasteiger partial charge in [0.2, 0.25) is 0 Å². The van der Waals surface area contributed by atoms with Crippen LogP contribution in [0, 0.1) is 11.6 Å². The van der Waals surface area contributed by atoms with Gasteiger partial charge in [0.05, 0.1) is 6.61 Å². The molecule has 0 bridgehead atoms. The number of halogens is 2. The molecule has 0 atom stereocenters. The van der Waals surface area contributed by atoms with Gasteiger partial charge in [-0.25, -0.2) is 8.78 Å². The fourth-order valence-corrected chi connectivity index (χ4v) is 1.06. The second-order valence-corrected chi connectivity index (χ2v) is 4.13. The van der Waals surface area contributed by atoms with Crippen LogP contribution in [0.15, 0.2) is 18.2 Å². The fraction of sp³-hybridized carbons (Fsp3) is 0.455. The van der Waals surface area contributed by atoms with Gasteiger partial charge in [0.25, 0.3) is 0 Å². The maximum Gasteiger partial charge on any atom is 0.130 e. The Kier molecular flexibility index (Phi) is 3.77. The average molecular weight is 215 g/mol. The van der Waals surface area contributed by atoms with Crippen molar-refractivity contribution in [3.63, 3.8) is 0 Å². The lowest BCUT2D eigenvalue weighted by molar-refractivity contribution is 0.187. The summed E-state index contributed by atoms with van der Waals surface area (Å²) in [5.74, 6) is -1.16. The SMILES string of the molecule is CC(C)(CO)NCc1ccc(F)cc1F. The molecule has 0 saturated carbocycles. The molecule has 1 aromatic carbocycles. The molecule has 0 aliphatic rings. The molecule has 15 heavy (non-hydrogen) atoms. The van der Waals surface area contributed by atoms with E-state index < -0.39 is 17.2 Å². The first-order chi connectivity index (χ1) is 6.94. The first-order valence-electron chi connectivity index (χ1n) is 4.74. The third-order valence-corrected chi connectivity index (χ3v) is 2.17. The maximum absolute atomic E-state index is 13.2. The van der Waals surface area contributed by atoms with E-state index >= 15 is 0 Å². The zero-order chi connectivity index (χ0) is 11.5. The molecule has 0 unspecified atom stereocenters. The fourth-order valence-electron chi connectivity index (χ4n) is 1.06. The van der Waals surface area contributed by atoms with E-state index in [9.17, 15) is 8.78 Å². The second-order valence-electron chi connectivity index (χ2n) is 4.13. The monoisotopic (exact) mass is 215 g/mol. The molecule has 84 valence electrons. The highest BCUT2D eigenvalue weighted by molar-refractivity contribution is 5.18. The first-order valence-corrected chi connectivity index (χ1v) is 4.74. The van der Waals surface area contributed by atoms with Crippen LogP contribution in [0.1, 0.15) is 19.4 Å². The predicted octanol–water partition coefficient (Wildman–Crippen LogP) is 1.83. The van der Waals surface area contributed by atoms with E-state index in [1.165, 1.54) is 12.1 Å². The topological polar surface area (TPSA) is 32.3 Å². The largest absolute Gasteiger partial charge is 0.394 e. The van der Waals surface area contributed by atoms with Crippen LogP contribution in [0.5, 0.6) is 0 Å². The first kappa shape index (κ1) is 12.1. The lowest BCUT2D eigenvalue weighted by atomic mass is 10.1. The van der Waals surface area contributed by atoms with E-state index in [2.05, 4.69) is 5.32 Å². The third kappa shape index (κ3) is 3.57. The molecule has 0 saturated heterocycles. The maximum atomic E-state index is 13.2. The Morgan fingerprint density at radius 3 is 2.53 bits per heavy atom. The Morgan fingerprint density at radius 2 is 2.00 bits per heavy atom. The van der Waals surface area contributed by atoms with Crippen LogP contribution >= 0.6 is 0 Å². The van der Waals surface area contributed by atoms with Crippen molar-refractivity contribution in [2.45, 2.75) is 25.9 Å². The molecule has 0 aliphatic heterocycles. The minimum Gasteiger partial charge on any atom is -0.394 e. The van der Waals surface area contributed by atoms with Crippen LogP contribution in [-0.4, -0.2) is 17.3 Å². The highest BCUT2D eigenvalue weighted by atomic mass is 19.1. The summed E-state index contributed by atoms with van der Waals surface area (Å²) < 4.78 is 25.8. The Hall–Kier alpha value is -1.00. The summed E-state index contributed by atoms with van der Waals surface area (Å²) in [5.41, 5.74) is -0.0844. The normalized spacial score (nSPS) is 11.8. The molecule has 1 rings (SSSR count). The van der Waals surface area contributed by atoms with Crippen LogP contribution in [0.2, 0.25) is 0 Å². The lowest BCUT2D eigenvalue weighted by Crippen LogP contribution is -2.42. The van der Waals surface area contributed by atoms with Crippen molar-refractivity contribution in [3.8, 4) is 0 Å². The molecule has 0 radical (unpaired) electrons. The third-order valence-electron chi connectivity index (χ3n) is 2.17. The van der Waals surface area contributed by atoms with Gasteiger partial charge in [-0.3, -0.25) is 0 Å². The zero-order valence-electron chi connectivity index (χ0n) is 8.85. The van der Waals surface area contributed by atoms with E-state index in [1.807, 2.05) is 0 Å². The van der Waals surface area contributed by atoms with Crippen molar-refractivity contribution in [1.29, 1.82) is 0 Å². The van der Waals surface area contributed by atoms with Gasteiger partial charge in [0, 0.05) is 23.7 Å². The minimum atomic E-state index is -0.585. The van der Waals surface area contributed by atoms with Gasteiger partial charge in [-0.1, -0.05) is 6.07 Å². The van der Waals surface area contributed by atoms with Gasteiger partial charge in [-0.05, 0) is 19.9 Å². The van der Waals surface area contributed by atoms with E-state index in [0.717, 1.165) is 6.07 Å². The second kappa shape index (κ2) is 4.68. The van der Waals surface area contributed by atoms with Crippen molar-refractivity contribution in [2.24, 2.45) is 0 Å². The summed E-state index contributed by atoms with van der Waals surface area (Å²) in [6.07, 6.45) is 0. The summed E-state index contributed by atoms with van der Waals surface area (Å²) in [7, 11) is 0. The molecule has 0 heterocycles. The van der Waals surface area contributed by atoms with E-state index in [1.54, 1.807) is 13.8 Å². The smallest absolute Gasteiger partial charge is 0.130 e. The van der Waals surface area contributed by atoms with Crippen molar-refractivity contribution >= 4 is 0 Å². The highest BCUT2D eigenvalue weighted by Gasteiger charge is 2.15. The van der Waals surface area contributed by atoms with Gasteiger partial charge in [0.1, 0.15) is 11.6 Å². The summed E-state index contributed by atoms with van der Waals surface area (Å²) in [6, 6.07) is 3.46. The summed E-state index contributed by atoms with van der Waals surface area (Å²) >= 11 is 0. The Labute approximate surface area is 87.9 Å². The number of hydrogen-bond acceptors (Lipinski definition) is 2. The molecule has 0 fully saturated rings. The molecular weight excluding hydrogens is 200 g/mol. The van der Waals surface area contributed by atoms with Gasteiger partial charge < -0.3 is 10.4 Å². The van der Waals surface area contributed by atoms with Crippen molar-refractivity contribution in [1.82, 2.24) is 5.32 Å². The average Bonchev–Trinajstić information content (AvgIpc) is 2.16. The van der Waals surface area contributed by atoms with Crippen LogP contribution < -0.4 is 5.32 Å². The Bertz CT molecular complexity index is 339. The Balaban J connectivity index is 2.66. The number of rotatable bonds is 4. The molecule has 0 aliphatic carbocycles. The van der Waals surface area contributed by atoms with Crippen molar-refractivity contribution < 1.29 is 13.9 Å². The van der Waals surface area contributed by atoms with E-state index in [0.29, 0.717) is 5.56 Å². The minimum absolute atomic E-state index is 0.0458. The van der Waals surface area contributed by atoms with Crippen LogP contribution in [0.25, 0.3) is 0 Å². The Morgan fingerprint density at radius 1 is 1.33 bits per heavy atom. The zero-order valence-corrected chi connectivity index (χ0v) is 8.85. The van der Waals surface area contributed by atoms with Crippen LogP contribution in [-0.2, 0) is 6.54 Å². The van der Waals surface area contributed by atoms with Gasteiger partial charge in [-0.2, -0.15) is 0 Å². The van der Waals surface area contributed by atoms with Crippen molar-refractivity contribution in [3.05, 3.63) is 35.4 Å². The van der Waals surface area contributed by atoms with Gasteiger partial charge in [0.15, 0.2) is 0 Å². The number of benzene rings is 1. The summed E-state index contributed by atoms with van der Waals surface area (Å²) in [4.78, 5) is 0. The molecule has 2 N–H and O–H groups in total. The predicted molar refractivity (Wildman–Crippen MR) is 54.4 cm³/mol. The van der Waals surface area contributed by atoms with Gasteiger partial charge >= 0.3 is 0 Å². The quantitative estimate of drug-likeness (QED) is 0.803. The van der Waals surface area contributed by atoms with E-state index in [4.69, 9.17) is 5.11 Å². The number of hydrogen-bond donors (Lipinski definition) is 2. The molecule has 0 aromatic heterocycles. The molecule has 0 spiro atoms. The van der Waals surface area contributed by atoms with E-state index in [-0.39, 0.29) is 13.2 Å². The summed E-state index contributed by atoms with van der Waals surface area (Å²) in [5, 5.41) is 11.9. The lowest BCUT2D eigenvalue weighted by Gasteiger charge is -2.23. The van der Waals surface area contributed by atoms with Crippen molar-refractivity contribution in [2.75, 3.05) is 6.61 Å². The number of nitrogens with one attached hydrogen (secondary N) is 1. The number of aliphatic hydroxyl groups excluding tert-OH is 1.